The predicted molar refractivity (Wildman–Crippen MR) is 217 cm³/mol. The van der Waals surface area contributed by atoms with Gasteiger partial charge in [0.05, 0.1) is 37.3 Å². The third-order valence-electron chi connectivity index (χ3n) is 12.5. The monoisotopic (exact) mass is 808 g/mol. The molecule has 16 heteroatoms. The van der Waals surface area contributed by atoms with Crippen molar-refractivity contribution >= 4 is 30.9 Å². The maximum absolute atomic E-state index is 13.4. The van der Waals surface area contributed by atoms with Gasteiger partial charge in [-0.25, -0.2) is 9.97 Å². The third kappa shape index (κ3) is 10.5. The fourth-order valence-corrected chi connectivity index (χ4v) is 9.52. The number of aromatic nitrogens is 4. The van der Waals surface area contributed by atoms with Crippen molar-refractivity contribution in [2.24, 2.45) is 17.3 Å². The van der Waals surface area contributed by atoms with Crippen LogP contribution in [0.5, 0.6) is 0 Å². The summed E-state index contributed by atoms with van der Waals surface area (Å²) in [5.74, 6) is 1.42. The van der Waals surface area contributed by atoms with Crippen LogP contribution in [0.2, 0.25) is 0 Å². The number of hydrogen-bond donors (Lipinski definition) is 1. The minimum atomic E-state index is -0.603. The van der Waals surface area contributed by atoms with Crippen LogP contribution in [0, 0.1) is 17.3 Å². The lowest BCUT2D eigenvalue weighted by molar-refractivity contribution is -0.199. The molecule has 2 aromatic heterocycles. The SMILES string of the molecule is CC(C)(C)OC(=O)Cn1ccnc1CN(CCCCCC(=O)NCC(=O)N1CCCC1B1OC2CC3CC(C3(C)C)C2(C)O1)Cc1nccn1CC(=O)OC(C)(C)C. The van der Waals surface area contributed by atoms with E-state index in [1.165, 1.54) is 6.42 Å². The quantitative estimate of drug-likeness (QED) is 0.134. The minimum absolute atomic E-state index is 0.0328. The highest BCUT2D eigenvalue weighted by molar-refractivity contribution is 6.48. The lowest BCUT2D eigenvalue weighted by Crippen LogP contribution is -2.65. The zero-order valence-corrected chi connectivity index (χ0v) is 36.3. The van der Waals surface area contributed by atoms with Gasteiger partial charge in [-0.2, -0.15) is 0 Å². The topological polar surface area (TPSA) is 159 Å². The van der Waals surface area contributed by atoms with E-state index < -0.39 is 18.3 Å². The van der Waals surface area contributed by atoms with Crippen LogP contribution in [-0.2, 0) is 64.1 Å². The zero-order chi connectivity index (χ0) is 42.0. The number of nitrogens with zero attached hydrogens (tertiary/aromatic N) is 6. The molecule has 2 aromatic rings. The van der Waals surface area contributed by atoms with Crippen LogP contribution >= 0.6 is 0 Å². The molecule has 1 N–H and O–H groups in total. The normalized spacial score (nSPS) is 25.1. The van der Waals surface area contributed by atoms with E-state index in [0.29, 0.717) is 62.5 Å². The van der Waals surface area contributed by atoms with Gasteiger partial charge in [0.15, 0.2) is 0 Å². The number of esters is 2. The first-order valence-electron chi connectivity index (χ1n) is 21.3. The minimum Gasteiger partial charge on any atom is -0.459 e. The van der Waals surface area contributed by atoms with Gasteiger partial charge in [-0.05, 0) is 111 Å². The van der Waals surface area contributed by atoms with Gasteiger partial charge in [-0.3, -0.25) is 24.1 Å². The van der Waals surface area contributed by atoms with Crippen molar-refractivity contribution in [2.45, 2.75) is 169 Å². The number of hydrogen-bond acceptors (Lipinski definition) is 11. The van der Waals surface area contributed by atoms with Crippen LogP contribution in [0.15, 0.2) is 24.8 Å². The first-order valence-corrected chi connectivity index (χ1v) is 21.3. The Morgan fingerprint density at radius 1 is 0.897 bits per heavy atom. The Kier molecular flexibility index (Phi) is 13.2. The van der Waals surface area contributed by atoms with Crippen LogP contribution in [0.25, 0.3) is 0 Å². The summed E-state index contributed by atoms with van der Waals surface area (Å²) in [6.45, 7) is 20.1. The Balaban J connectivity index is 0.978. The van der Waals surface area contributed by atoms with Crippen LogP contribution in [0.1, 0.15) is 125 Å². The van der Waals surface area contributed by atoms with Gasteiger partial charge in [0, 0.05) is 37.8 Å². The van der Waals surface area contributed by atoms with Crippen molar-refractivity contribution in [3.63, 3.8) is 0 Å². The van der Waals surface area contributed by atoms with Crippen molar-refractivity contribution in [3.05, 3.63) is 36.4 Å². The number of amides is 2. The zero-order valence-electron chi connectivity index (χ0n) is 36.3. The van der Waals surface area contributed by atoms with Crippen molar-refractivity contribution < 1.29 is 38.0 Å². The van der Waals surface area contributed by atoms with E-state index in [9.17, 15) is 19.2 Å². The molecule has 0 radical (unpaired) electrons. The number of likely N-dealkylation sites (tertiary alicyclic amines) is 1. The second-order valence-corrected chi connectivity index (χ2v) is 19.5. The van der Waals surface area contributed by atoms with Crippen LogP contribution in [0.4, 0.5) is 0 Å². The Morgan fingerprint density at radius 3 is 2.07 bits per heavy atom. The molecule has 5 fully saturated rings. The van der Waals surface area contributed by atoms with E-state index in [0.717, 1.165) is 32.1 Å². The molecule has 7 rings (SSSR count). The molecule has 2 amide bonds. The molecule has 4 heterocycles. The summed E-state index contributed by atoms with van der Waals surface area (Å²) in [6, 6.07) is 0. The molecular weight excluding hydrogens is 741 g/mol. The average Bonchev–Trinajstić information content (AvgIpc) is 3.92. The number of carbonyl (C=O) groups is 4. The average molecular weight is 808 g/mol. The molecule has 5 unspecified atom stereocenters. The molecule has 3 aliphatic carbocycles. The summed E-state index contributed by atoms with van der Waals surface area (Å²) >= 11 is 0. The number of imidazole rings is 2. The highest BCUT2D eigenvalue weighted by Crippen LogP contribution is 2.66. The summed E-state index contributed by atoms with van der Waals surface area (Å²) < 4.78 is 27.9. The summed E-state index contributed by atoms with van der Waals surface area (Å²) in [5, 5.41) is 2.86. The second-order valence-electron chi connectivity index (χ2n) is 19.5. The number of rotatable bonds is 17. The molecule has 5 atom stereocenters. The van der Waals surface area contributed by atoms with E-state index in [-0.39, 0.29) is 66.4 Å². The predicted octanol–water partition coefficient (Wildman–Crippen LogP) is 4.70. The van der Waals surface area contributed by atoms with E-state index >= 15 is 0 Å². The molecule has 5 aliphatic rings. The standard InChI is InChI=1S/C42H66BN7O8/c1-39(2,3)55-37(53)27-48-20-16-44-33(48)25-47(26-34-45-17-21-49(34)28-38(54)56-40(4,5)6)18-12-10-11-15-35(51)46-24-36(52)50-19-13-14-32(50)43-57-31-23-29-22-30(41(29,7)8)42(31,9)58-43/h16-17,20-21,29-32H,10-15,18-19,22-28H2,1-9H3,(H,46,51). The van der Waals surface area contributed by atoms with E-state index in [1.807, 2.05) is 46.4 Å². The lowest BCUT2D eigenvalue weighted by Gasteiger charge is -2.64. The molecule has 58 heavy (non-hydrogen) atoms. The van der Waals surface area contributed by atoms with Gasteiger partial charge in [0.1, 0.15) is 35.9 Å². The summed E-state index contributed by atoms with van der Waals surface area (Å²) in [6.07, 6.45) is 13.4. The number of ether oxygens (including phenoxy) is 2. The second kappa shape index (κ2) is 17.5. The maximum Gasteiger partial charge on any atom is 0.481 e. The van der Waals surface area contributed by atoms with Crippen LogP contribution in [0.3, 0.4) is 0 Å². The molecule has 2 bridgehead atoms. The van der Waals surface area contributed by atoms with Crippen molar-refractivity contribution in [2.75, 3.05) is 19.6 Å². The van der Waals surface area contributed by atoms with Crippen LogP contribution in [-0.4, -0.2) is 108 Å². The molecule has 0 aromatic carbocycles. The van der Waals surface area contributed by atoms with Gasteiger partial charge in [-0.15, -0.1) is 0 Å². The van der Waals surface area contributed by atoms with Crippen molar-refractivity contribution in [1.82, 2.24) is 34.2 Å². The number of nitrogens with one attached hydrogen (secondary N) is 1. The van der Waals surface area contributed by atoms with E-state index in [2.05, 4.69) is 41.0 Å². The molecule has 3 saturated carbocycles. The summed E-state index contributed by atoms with van der Waals surface area (Å²) in [5.41, 5.74) is -1.27. The van der Waals surface area contributed by atoms with Gasteiger partial charge in [-0.1, -0.05) is 20.3 Å². The molecule has 2 saturated heterocycles. The fraction of sp³-hybridized carbons (Fsp3) is 0.762. The largest absolute Gasteiger partial charge is 0.481 e. The fourth-order valence-electron chi connectivity index (χ4n) is 9.52. The van der Waals surface area contributed by atoms with Crippen LogP contribution < -0.4 is 5.32 Å². The van der Waals surface area contributed by atoms with Gasteiger partial charge in [0.2, 0.25) is 11.8 Å². The van der Waals surface area contributed by atoms with Gasteiger partial charge in [0.25, 0.3) is 0 Å². The Bertz CT molecular complexity index is 1710. The summed E-state index contributed by atoms with van der Waals surface area (Å²) in [4.78, 5) is 64.8. The first kappa shape index (κ1) is 43.8. The lowest BCUT2D eigenvalue weighted by atomic mass is 9.43. The van der Waals surface area contributed by atoms with E-state index in [4.69, 9.17) is 18.8 Å². The molecule has 0 spiro atoms. The van der Waals surface area contributed by atoms with Crippen molar-refractivity contribution in [3.8, 4) is 0 Å². The molecule has 15 nitrogen and oxygen atoms in total. The van der Waals surface area contributed by atoms with Gasteiger partial charge < -0.3 is 38.1 Å². The number of unbranched alkanes of at least 4 members (excludes halogenated alkanes) is 2. The Morgan fingerprint density at radius 2 is 1.50 bits per heavy atom. The smallest absolute Gasteiger partial charge is 0.459 e. The number of carbonyl (C=O) groups excluding carboxylic acids is 4. The highest BCUT2D eigenvalue weighted by Gasteiger charge is 2.69. The Hall–Kier alpha value is -3.76. The first-order chi connectivity index (χ1) is 27.2. The summed E-state index contributed by atoms with van der Waals surface area (Å²) in [7, 11) is -0.429. The van der Waals surface area contributed by atoms with Crippen molar-refractivity contribution in [1.29, 1.82) is 0 Å². The third-order valence-corrected chi connectivity index (χ3v) is 12.5. The van der Waals surface area contributed by atoms with E-state index in [1.54, 1.807) is 33.9 Å². The highest BCUT2D eigenvalue weighted by atomic mass is 16.7. The molecule has 320 valence electrons. The molecular formula is C42H66BN7O8. The molecule has 2 aliphatic heterocycles. The van der Waals surface area contributed by atoms with Gasteiger partial charge >= 0.3 is 19.1 Å². The Labute approximate surface area is 344 Å². The maximum atomic E-state index is 13.4.